The fourth-order valence-electron chi connectivity index (χ4n) is 3.27. The lowest BCUT2D eigenvalue weighted by molar-refractivity contribution is 0.190. The Bertz CT molecular complexity index is 844. The third-order valence-electron chi connectivity index (χ3n) is 4.91. The first-order valence-electron chi connectivity index (χ1n) is 8.45. The highest BCUT2D eigenvalue weighted by Gasteiger charge is 2.26. The van der Waals surface area contributed by atoms with Crippen LogP contribution in [0.5, 0.6) is 0 Å². The minimum Gasteiger partial charge on any atom is -0.339 e. The number of nitrogens with zero attached hydrogens (tertiary/aromatic N) is 3. The molecule has 0 saturated carbocycles. The van der Waals surface area contributed by atoms with Crippen molar-refractivity contribution in [3.8, 4) is 0 Å². The van der Waals surface area contributed by atoms with Gasteiger partial charge in [-0.1, -0.05) is 47.6 Å². The van der Waals surface area contributed by atoms with Gasteiger partial charge in [0.05, 0.1) is 12.0 Å². The van der Waals surface area contributed by atoms with Gasteiger partial charge in [0.15, 0.2) is 5.82 Å². The van der Waals surface area contributed by atoms with E-state index in [2.05, 4.69) is 76.8 Å². The number of nitrogens with one attached hydrogen (secondary N) is 1. The van der Waals surface area contributed by atoms with Crippen LogP contribution >= 0.6 is 0 Å². The van der Waals surface area contributed by atoms with Crippen LogP contribution in [0.25, 0.3) is 10.8 Å². The van der Waals surface area contributed by atoms with E-state index in [4.69, 9.17) is 4.52 Å². The number of benzene rings is 2. The number of piperazine rings is 1. The molecule has 1 aliphatic rings. The zero-order chi connectivity index (χ0) is 16.5. The molecule has 5 heteroatoms. The van der Waals surface area contributed by atoms with Crippen molar-refractivity contribution in [2.45, 2.75) is 18.9 Å². The first-order valence-corrected chi connectivity index (χ1v) is 8.45. The molecule has 0 bridgehead atoms. The SMILES string of the molecule is CC(c1ccc2ccccc2c1)c1nc(C2CNCCN2C)no1. The zero-order valence-corrected chi connectivity index (χ0v) is 14.1. The molecule has 2 atom stereocenters. The lowest BCUT2D eigenvalue weighted by Gasteiger charge is -2.30. The van der Waals surface area contributed by atoms with Gasteiger partial charge in [-0.05, 0) is 30.3 Å². The van der Waals surface area contributed by atoms with Crippen molar-refractivity contribution >= 4 is 10.8 Å². The highest BCUT2D eigenvalue weighted by Crippen LogP contribution is 2.27. The molecule has 1 saturated heterocycles. The largest absolute Gasteiger partial charge is 0.339 e. The summed E-state index contributed by atoms with van der Waals surface area (Å²) in [4.78, 5) is 6.95. The zero-order valence-electron chi connectivity index (χ0n) is 14.1. The number of likely N-dealkylation sites (N-methyl/N-ethyl adjacent to an activating group) is 1. The van der Waals surface area contributed by atoms with Crippen LogP contribution < -0.4 is 5.32 Å². The van der Waals surface area contributed by atoms with Crippen LogP contribution in [-0.2, 0) is 0 Å². The standard InChI is InChI=1S/C19H22N4O/c1-13(15-8-7-14-5-3-4-6-16(14)11-15)19-21-18(22-24-19)17-12-20-9-10-23(17)2/h3-8,11,13,17,20H,9-10,12H2,1-2H3. The van der Waals surface area contributed by atoms with Crippen LogP contribution in [0.15, 0.2) is 47.0 Å². The van der Waals surface area contributed by atoms with Crippen molar-refractivity contribution in [2.24, 2.45) is 0 Å². The lowest BCUT2D eigenvalue weighted by Crippen LogP contribution is -2.44. The molecule has 2 heterocycles. The van der Waals surface area contributed by atoms with Crippen molar-refractivity contribution in [3.63, 3.8) is 0 Å². The quantitative estimate of drug-likeness (QED) is 0.803. The molecule has 1 aromatic heterocycles. The maximum Gasteiger partial charge on any atom is 0.233 e. The van der Waals surface area contributed by atoms with Crippen molar-refractivity contribution in [3.05, 3.63) is 59.7 Å². The van der Waals surface area contributed by atoms with E-state index < -0.39 is 0 Å². The molecular formula is C19H22N4O. The smallest absolute Gasteiger partial charge is 0.233 e. The molecule has 3 aromatic rings. The van der Waals surface area contributed by atoms with Gasteiger partial charge in [-0.25, -0.2) is 0 Å². The van der Waals surface area contributed by atoms with Crippen molar-refractivity contribution in [1.29, 1.82) is 0 Å². The van der Waals surface area contributed by atoms with Gasteiger partial charge in [-0.3, -0.25) is 4.90 Å². The van der Waals surface area contributed by atoms with Crippen molar-refractivity contribution in [1.82, 2.24) is 20.4 Å². The topological polar surface area (TPSA) is 54.2 Å². The minimum atomic E-state index is 0.0812. The van der Waals surface area contributed by atoms with Gasteiger partial charge in [0, 0.05) is 19.6 Å². The first-order chi connectivity index (χ1) is 11.7. The van der Waals surface area contributed by atoms with Crippen LogP contribution in [0.4, 0.5) is 0 Å². The second kappa shape index (κ2) is 6.34. The number of aromatic nitrogens is 2. The van der Waals surface area contributed by atoms with Crippen molar-refractivity contribution < 1.29 is 4.52 Å². The molecule has 2 aromatic carbocycles. The summed E-state index contributed by atoms with van der Waals surface area (Å²) in [6.45, 7) is 4.98. The molecule has 1 fully saturated rings. The summed E-state index contributed by atoms with van der Waals surface area (Å²) in [7, 11) is 2.11. The van der Waals surface area contributed by atoms with E-state index in [1.807, 2.05) is 0 Å². The van der Waals surface area contributed by atoms with E-state index in [0.717, 1.165) is 25.5 Å². The molecule has 1 aliphatic heterocycles. The second-order valence-corrected chi connectivity index (χ2v) is 6.52. The molecule has 0 amide bonds. The van der Waals surface area contributed by atoms with Gasteiger partial charge in [0.1, 0.15) is 0 Å². The summed E-state index contributed by atoms with van der Waals surface area (Å²) in [6, 6.07) is 15.1. The number of fused-ring (bicyclic) bond motifs is 1. The normalized spacial score (nSPS) is 20.3. The van der Waals surface area contributed by atoms with E-state index >= 15 is 0 Å². The predicted octanol–water partition coefficient (Wildman–Crippen LogP) is 2.95. The van der Waals surface area contributed by atoms with Crippen LogP contribution in [0, 0.1) is 0 Å². The van der Waals surface area contributed by atoms with E-state index in [-0.39, 0.29) is 12.0 Å². The average molecular weight is 322 g/mol. The van der Waals surface area contributed by atoms with E-state index in [1.54, 1.807) is 0 Å². The second-order valence-electron chi connectivity index (χ2n) is 6.52. The van der Waals surface area contributed by atoms with E-state index in [0.29, 0.717) is 5.89 Å². The average Bonchev–Trinajstić information content (AvgIpc) is 3.11. The van der Waals surface area contributed by atoms with Gasteiger partial charge in [-0.2, -0.15) is 4.98 Å². The van der Waals surface area contributed by atoms with Crippen LogP contribution in [-0.4, -0.2) is 41.7 Å². The first kappa shape index (κ1) is 15.3. The Labute approximate surface area is 141 Å². The third-order valence-corrected chi connectivity index (χ3v) is 4.91. The van der Waals surface area contributed by atoms with Gasteiger partial charge >= 0.3 is 0 Å². The van der Waals surface area contributed by atoms with Crippen LogP contribution in [0.2, 0.25) is 0 Å². The Morgan fingerprint density at radius 1 is 1.21 bits per heavy atom. The van der Waals surface area contributed by atoms with E-state index in [1.165, 1.54) is 16.3 Å². The third kappa shape index (κ3) is 2.81. The molecule has 0 aliphatic carbocycles. The molecular weight excluding hydrogens is 300 g/mol. The molecule has 0 spiro atoms. The Morgan fingerprint density at radius 2 is 2.04 bits per heavy atom. The summed E-state index contributed by atoms with van der Waals surface area (Å²) in [5.74, 6) is 1.53. The molecule has 5 nitrogen and oxygen atoms in total. The summed E-state index contributed by atoms with van der Waals surface area (Å²) in [6.07, 6.45) is 0. The Kier molecular flexibility index (Phi) is 4.04. The minimum absolute atomic E-state index is 0.0812. The molecule has 24 heavy (non-hydrogen) atoms. The summed E-state index contributed by atoms with van der Waals surface area (Å²) < 4.78 is 5.58. The lowest BCUT2D eigenvalue weighted by atomic mass is 9.98. The molecule has 2 unspecified atom stereocenters. The highest BCUT2D eigenvalue weighted by atomic mass is 16.5. The number of hydrogen-bond acceptors (Lipinski definition) is 5. The van der Waals surface area contributed by atoms with Gasteiger partial charge in [0.25, 0.3) is 0 Å². The fourth-order valence-corrected chi connectivity index (χ4v) is 3.27. The molecule has 0 radical (unpaired) electrons. The maximum atomic E-state index is 5.58. The highest BCUT2D eigenvalue weighted by molar-refractivity contribution is 5.83. The summed E-state index contributed by atoms with van der Waals surface area (Å²) >= 11 is 0. The Balaban J connectivity index is 1.60. The predicted molar refractivity (Wildman–Crippen MR) is 94.0 cm³/mol. The number of rotatable bonds is 3. The van der Waals surface area contributed by atoms with Crippen LogP contribution in [0.1, 0.15) is 36.2 Å². The fraction of sp³-hybridized carbons (Fsp3) is 0.368. The number of hydrogen-bond donors (Lipinski definition) is 1. The van der Waals surface area contributed by atoms with Gasteiger partial charge in [-0.15, -0.1) is 0 Å². The summed E-state index contributed by atoms with van der Waals surface area (Å²) in [5.41, 5.74) is 1.19. The molecule has 4 rings (SSSR count). The monoisotopic (exact) mass is 322 g/mol. The summed E-state index contributed by atoms with van der Waals surface area (Å²) in [5, 5.41) is 10.1. The molecule has 124 valence electrons. The Hall–Kier alpha value is -2.24. The van der Waals surface area contributed by atoms with Crippen molar-refractivity contribution in [2.75, 3.05) is 26.7 Å². The Morgan fingerprint density at radius 3 is 2.88 bits per heavy atom. The van der Waals surface area contributed by atoms with E-state index in [9.17, 15) is 0 Å². The van der Waals surface area contributed by atoms with Gasteiger partial charge in [0.2, 0.25) is 5.89 Å². The van der Waals surface area contributed by atoms with Gasteiger partial charge < -0.3 is 9.84 Å². The van der Waals surface area contributed by atoms with Crippen LogP contribution in [0.3, 0.4) is 0 Å². The maximum absolute atomic E-state index is 5.58. The molecule has 1 N–H and O–H groups in total.